The van der Waals surface area contributed by atoms with Gasteiger partial charge in [0.2, 0.25) is 5.69 Å². The molecule has 2 aromatic heterocycles. The number of anilines is 1. The molecule has 47 heavy (non-hydrogen) atoms. The number of aromatic nitrogens is 2. The Hall–Kier alpha value is -3.53. The van der Waals surface area contributed by atoms with E-state index in [1.54, 1.807) is 24.5 Å². The monoisotopic (exact) mass is 683 g/mol. The highest BCUT2D eigenvalue weighted by molar-refractivity contribution is 7.86. The summed E-state index contributed by atoms with van der Waals surface area (Å²) in [7, 11) is -8.71. The molecule has 1 saturated carbocycles. The molecule has 250 valence electrons. The van der Waals surface area contributed by atoms with Crippen molar-refractivity contribution in [1.82, 2.24) is 9.97 Å². The van der Waals surface area contributed by atoms with Gasteiger partial charge in [-0.2, -0.15) is 21.4 Å². The number of fused-ring (bicyclic) bond motifs is 6. The van der Waals surface area contributed by atoms with Gasteiger partial charge in [0.05, 0.1) is 29.4 Å². The van der Waals surface area contributed by atoms with E-state index in [0.29, 0.717) is 0 Å². The van der Waals surface area contributed by atoms with Crippen molar-refractivity contribution in [3.63, 3.8) is 0 Å². The van der Waals surface area contributed by atoms with Crippen molar-refractivity contribution in [3.8, 4) is 0 Å². The lowest BCUT2D eigenvalue weighted by molar-refractivity contribution is -0.448. The maximum absolute atomic E-state index is 11.4. The summed E-state index contributed by atoms with van der Waals surface area (Å²) in [5, 5.41) is 21.1. The second-order valence-electron chi connectivity index (χ2n) is 13.1. The quantitative estimate of drug-likeness (QED) is 0.155. The molecule has 2 aliphatic carbocycles. The van der Waals surface area contributed by atoms with E-state index in [-0.39, 0.29) is 13.1 Å². The van der Waals surface area contributed by atoms with Crippen molar-refractivity contribution < 1.29 is 40.7 Å². The number of rotatable bonds is 11. The molecule has 1 fully saturated rings. The predicted molar refractivity (Wildman–Crippen MR) is 177 cm³/mol. The molecular weight excluding hydrogens is 645 g/mol. The minimum absolute atomic E-state index is 0.00720. The third kappa shape index (κ3) is 6.37. The number of hydrogen-bond acceptors (Lipinski definition) is 9. The van der Waals surface area contributed by atoms with E-state index >= 15 is 0 Å². The maximum atomic E-state index is 11.4. The van der Waals surface area contributed by atoms with Crippen LogP contribution in [0.4, 0.5) is 11.4 Å². The molecule has 14 heteroatoms. The molecule has 2 aromatic rings. The number of allylic oxidation sites excluding steroid dienone is 8. The van der Waals surface area contributed by atoms with E-state index in [4.69, 9.17) is 0 Å². The van der Waals surface area contributed by atoms with Crippen molar-refractivity contribution in [1.29, 1.82) is 0 Å². The highest BCUT2D eigenvalue weighted by Gasteiger charge is 2.55. The van der Waals surface area contributed by atoms with Gasteiger partial charge in [-0.1, -0.05) is 30.4 Å². The van der Waals surface area contributed by atoms with Crippen molar-refractivity contribution in [2.75, 3.05) is 29.5 Å². The molecule has 0 bridgehead atoms. The maximum Gasteiger partial charge on any atom is 0.267 e. The smallest absolute Gasteiger partial charge is 0.267 e. The lowest BCUT2D eigenvalue weighted by Gasteiger charge is -2.27. The summed E-state index contributed by atoms with van der Waals surface area (Å²) in [4.78, 5) is 11.2. The molecule has 0 saturated heterocycles. The van der Waals surface area contributed by atoms with Gasteiger partial charge >= 0.3 is 0 Å². The molecule has 4 aliphatic rings. The lowest BCUT2D eigenvalue weighted by atomic mass is 9.84. The Bertz CT molecular complexity index is 1990. The average Bonchev–Trinajstić information content (AvgIpc) is 3.63. The van der Waals surface area contributed by atoms with Crippen LogP contribution in [0, 0.1) is 0 Å². The van der Waals surface area contributed by atoms with Crippen LogP contribution < -0.4 is 4.90 Å². The summed E-state index contributed by atoms with van der Waals surface area (Å²) in [6.07, 6.45) is 13.8. The standard InChI is InChI=1S/C33H38N4O8S2/c1-32-14-12-22(30(32)36(18-24(38)20-46(40,41)42)26-10-6-16-34-28(26)32)8-4-3-5-9-23-13-15-33(2)29-27(11-7-17-35-29)37(31(23)33)19-25(39)21-47(43,44)45/h3-11,16-17,24-25,38-39H,12-15,18-21H2,1-2H3,(H-,40,41,42,43,44,45)/p+1. The van der Waals surface area contributed by atoms with Gasteiger partial charge in [0.15, 0.2) is 12.3 Å². The van der Waals surface area contributed by atoms with Gasteiger partial charge in [-0.3, -0.25) is 19.1 Å². The molecule has 4 unspecified atom stereocenters. The van der Waals surface area contributed by atoms with Crippen molar-refractivity contribution >= 4 is 37.3 Å². The summed E-state index contributed by atoms with van der Waals surface area (Å²) in [5.74, 6) is -1.52. The summed E-state index contributed by atoms with van der Waals surface area (Å²) >= 11 is 0. The first-order chi connectivity index (χ1) is 22.1. The van der Waals surface area contributed by atoms with Crippen LogP contribution >= 0.6 is 0 Å². The number of pyridine rings is 2. The summed E-state index contributed by atoms with van der Waals surface area (Å²) in [6.45, 7) is 4.19. The molecule has 0 radical (unpaired) electrons. The fourth-order valence-corrected chi connectivity index (χ4v) is 8.98. The third-order valence-corrected chi connectivity index (χ3v) is 11.2. The highest BCUT2D eigenvalue weighted by Crippen LogP contribution is 2.55. The van der Waals surface area contributed by atoms with Crippen molar-refractivity contribution in [2.45, 2.75) is 62.6 Å². The minimum Gasteiger partial charge on any atom is -0.390 e. The Morgan fingerprint density at radius 3 is 2.28 bits per heavy atom. The SMILES string of the molecule is CC12CCC(C=CC=CC=C3CCC4(C)C3=[N+](CC(O)CS(=O)(=O)O)c3cccnc34)=C1N(CC(O)CS(=O)(=O)O)c1cccnc12. The lowest BCUT2D eigenvalue weighted by Crippen LogP contribution is -2.36. The molecule has 0 spiro atoms. The van der Waals surface area contributed by atoms with Gasteiger partial charge < -0.3 is 15.1 Å². The molecule has 0 aromatic carbocycles. The summed E-state index contributed by atoms with van der Waals surface area (Å²) in [5.41, 5.74) is 6.56. The van der Waals surface area contributed by atoms with Crippen LogP contribution in [-0.2, 0) is 31.1 Å². The highest BCUT2D eigenvalue weighted by atomic mass is 32.2. The Labute approximate surface area is 274 Å². The van der Waals surface area contributed by atoms with Crippen LogP contribution in [0.3, 0.4) is 0 Å². The van der Waals surface area contributed by atoms with Crippen LogP contribution in [0.25, 0.3) is 0 Å². The number of aliphatic hydroxyl groups excluding tert-OH is 2. The van der Waals surface area contributed by atoms with E-state index in [9.17, 15) is 36.2 Å². The van der Waals surface area contributed by atoms with Crippen molar-refractivity contribution in [2.24, 2.45) is 0 Å². The molecule has 0 amide bonds. The molecule has 2 aliphatic heterocycles. The Balaban J connectivity index is 1.28. The van der Waals surface area contributed by atoms with Gasteiger partial charge in [-0.25, -0.2) is 0 Å². The molecule has 6 rings (SSSR count). The molecule has 12 nitrogen and oxygen atoms in total. The van der Waals surface area contributed by atoms with E-state index in [1.165, 1.54) is 0 Å². The van der Waals surface area contributed by atoms with Crippen molar-refractivity contribution in [3.05, 3.63) is 95.3 Å². The van der Waals surface area contributed by atoms with E-state index in [1.807, 2.05) is 52.0 Å². The zero-order valence-electron chi connectivity index (χ0n) is 26.2. The van der Waals surface area contributed by atoms with Gasteiger partial charge in [0.1, 0.15) is 28.7 Å². The van der Waals surface area contributed by atoms with E-state index in [2.05, 4.69) is 23.8 Å². The number of nitrogens with zero attached hydrogens (tertiary/aromatic N) is 4. The fourth-order valence-electron chi connectivity index (χ4n) is 7.80. The van der Waals surface area contributed by atoms with Crippen LogP contribution in [0.1, 0.15) is 50.9 Å². The van der Waals surface area contributed by atoms with E-state index < -0.39 is 54.8 Å². The van der Waals surface area contributed by atoms with Gasteiger partial charge in [-0.05, 0) is 63.3 Å². The largest absolute Gasteiger partial charge is 0.390 e. The fraction of sp³-hybridized carbons (Fsp3) is 0.424. The first-order valence-electron chi connectivity index (χ1n) is 15.5. The molecule has 4 heterocycles. The van der Waals surface area contributed by atoms with Gasteiger partial charge in [0, 0.05) is 29.7 Å². The second kappa shape index (κ2) is 12.2. The van der Waals surface area contributed by atoms with E-state index in [0.717, 1.165) is 71.0 Å². The normalized spacial score (nSPS) is 26.1. The zero-order valence-corrected chi connectivity index (χ0v) is 27.8. The number of hydrogen-bond donors (Lipinski definition) is 4. The molecular formula is C33H39N4O8S2+. The minimum atomic E-state index is -4.35. The topological polar surface area (TPSA) is 181 Å². The zero-order chi connectivity index (χ0) is 33.8. The summed E-state index contributed by atoms with van der Waals surface area (Å²) in [6, 6.07) is 7.42. The average molecular weight is 684 g/mol. The first-order valence-corrected chi connectivity index (χ1v) is 18.7. The number of β-amino-alcohol motifs (C(OH)–C–C–N with tert-alkyl or cyclic N) is 2. The van der Waals surface area contributed by atoms with Crippen LogP contribution in [0.15, 0.2) is 83.9 Å². The van der Waals surface area contributed by atoms with Crippen LogP contribution in [0.5, 0.6) is 0 Å². The molecule has 4 atom stereocenters. The predicted octanol–water partition coefficient (Wildman–Crippen LogP) is 2.99. The Morgan fingerprint density at radius 1 is 0.894 bits per heavy atom. The van der Waals surface area contributed by atoms with Gasteiger partial charge in [-0.15, -0.1) is 0 Å². The first kappa shape index (κ1) is 33.4. The molecule has 4 N–H and O–H groups in total. The van der Waals surface area contributed by atoms with Gasteiger partial charge in [0.25, 0.3) is 20.2 Å². The third-order valence-electron chi connectivity index (χ3n) is 9.59. The van der Waals surface area contributed by atoms with Crippen LogP contribution in [-0.4, -0.2) is 93.2 Å². The Kier molecular flexibility index (Phi) is 8.64. The van der Waals surface area contributed by atoms with Crippen LogP contribution in [0.2, 0.25) is 0 Å². The Morgan fingerprint density at radius 2 is 1.55 bits per heavy atom. The second-order valence-corrected chi connectivity index (χ2v) is 16.1. The number of aliphatic hydroxyl groups is 2. The summed E-state index contributed by atoms with van der Waals surface area (Å²) < 4.78 is 66.3.